The van der Waals surface area contributed by atoms with Crippen LogP contribution in [0.5, 0.6) is 5.75 Å². The molecular formula is C20H24ClNO2. The molecule has 0 aliphatic carbocycles. The molecule has 0 aromatic heterocycles. The third kappa shape index (κ3) is 4.51. The van der Waals surface area contributed by atoms with Crippen molar-refractivity contribution in [1.82, 2.24) is 4.90 Å². The standard InChI is InChI=1S/C20H24ClNO2/c1-14(2)24-19-10-8-16(9-11-19)18-7-5-6-17(12-18)15(3)22(4)20(23)13-21/h5-12,14-15H,13H2,1-4H3. The van der Waals surface area contributed by atoms with E-state index in [1.54, 1.807) is 11.9 Å². The van der Waals surface area contributed by atoms with Gasteiger partial charge in [-0.1, -0.05) is 30.3 Å². The lowest BCUT2D eigenvalue weighted by Gasteiger charge is -2.25. The minimum absolute atomic E-state index is 0.00214. The molecule has 0 N–H and O–H groups in total. The molecule has 1 atom stereocenters. The molecule has 0 saturated carbocycles. The fourth-order valence-corrected chi connectivity index (χ4v) is 2.70. The molecule has 0 aliphatic heterocycles. The van der Waals surface area contributed by atoms with Gasteiger partial charge in [-0.05, 0) is 55.7 Å². The first kappa shape index (κ1) is 18.3. The molecule has 1 unspecified atom stereocenters. The maximum Gasteiger partial charge on any atom is 0.237 e. The minimum atomic E-state index is -0.0789. The second kappa shape index (κ2) is 8.20. The number of amides is 1. The van der Waals surface area contributed by atoms with Gasteiger partial charge >= 0.3 is 0 Å². The summed E-state index contributed by atoms with van der Waals surface area (Å²) in [6, 6.07) is 16.3. The van der Waals surface area contributed by atoms with Gasteiger partial charge < -0.3 is 9.64 Å². The van der Waals surface area contributed by atoms with Crippen LogP contribution in [0.1, 0.15) is 32.4 Å². The second-order valence-electron chi connectivity index (χ2n) is 6.13. The van der Waals surface area contributed by atoms with E-state index in [1.807, 2.05) is 45.0 Å². The van der Waals surface area contributed by atoms with Gasteiger partial charge in [0.05, 0.1) is 12.1 Å². The predicted octanol–water partition coefficient (Wildman–Crippen LogP) is 4.90. The third-order valence-electron chi connectivity index (χ3n) is 4.02. The topological polar surface area (TPSA) is 29.5 Å². The van der Waals surface area contributed by atoms with Crippen molar-refractivity contribution in [2.45, 2.75) is 32.9 Å². The molecule has 0 radical (unpaired) electrons. The average Bonchev–Trinajstić information content (AvgIpc) is 2.60. The number of benzene rings is 2. The van der Waals surface area contributed by atoms with Gasteiger partial charge in [0, 0.05) is 7.05 Å². The van der Waals surface area contributed by atoms with Crippen LogP contribution in [0.4, 0.5) is 0 Å². The average molecular weight is 346 g/mol. The SMILES string of the molecule is CC(C)Oc1ccc(-c2cccc(C(C)N(C)C(=O)CCl)c2)cc1. The summed E-state index contributed by atoms with van der Waals surface area (Å²) in [5.74, 6) is 0.785. The zero-order valence-corrected chi connectivity index (χ0v) is 15.4. The molecule has 0 heterocycles. The molecule has 0 fully saturated rings. The normalized spacial score (nSPS) is 12.1. The maximum absolute atomic E-state index is 11.8. The molecule has 1 amide bonds. The van der Waals surface area contributed by atoms with Gasteiger partial charge in [-0.3, -0.25) is 4.79 Å². The van der Waals surface area contributed by atoms with Crippen molar-refractivity contribution in [3.8, 4) is 16.9 Å². The number of halogens is 1. The van der Waals surface area contributed by atoms with Gasteiger partial charge in [-0.2, -0.15) is 0 Å². The summed E-state index contributed by atoms with van der Waals surface area (Å²) in [7, 11) is 1.78. The Kier molecular flexibility index (Phi) is 6.27. The molecule has 2 rings (SSSR count). The lowest BCUT2D eigenvalue weighted by molar-refractivity contribution is -0.129. The molecule has 4 heteroatoms. The molecule has 2 aromatic carbocycles. The van der Waals surface area contributed by atoms with Crippen LogP contribution in [0.25, 0.3) is 11.1 Å². The van der Waals surface area contributed by atoms with Gasteiger partial charge in [0.25, 0.3) is 0 Å². The van der Waals surface area contributed by atoms with Crippen LogP contribution in [-0.4, -0.2) is 29.8 Å². The first-order chi connectivity index (χ1) is 11.4. The van der Waals surface area contributed by atoms with Gasteiger partial charge in [0.1, 0.15) is 11.6 Å². The highest BCUT2D eigenvalue weighted by Gasteiger charge is 2.16. The van der Waals surface area contributed by atoms with E-state index in [9.17, 15) is 4.79 Å². The highest BCUT2D eigenvalue weighted by atomic mass is 35.5. The Balaban J connectivity index is 2.22. The van der Waals surface area contributed by atoms with E-state index in [2.05, 4.69) is 24.3 Å². The summed E-state index contributed by atoms with van der Waals surface area (Å²) in [6.07, 6.45) is 0.162. The van der Waals surface area contributed by atoms with Gasteiger partial charge in [0.2, 0.25) is 5.91 Å². The van der Waals surface area contributed by atoms with Crippen LogP contribution in [0.3, 0.4) is 0 Å². The summed E-state index contributed by atoms with van der Waals surface area (Å²) in [4.78, 5) is 13.5. The zero-order valence-electron chi connectivity index (χ0n) is 14.6. The molecule has 0 spiro atoms. The van der Waals surface area contributed by atoms with Crippen LogP contribution in [0.2, 0.25) is 0 Å². The Labute approximate surface area is 149 Å². The first-order valence-corrected chi connectivity index (χ1v) is 8.64. The van der Waals surface area contributed by atoms with Crippen molar-refractivity contribution in [3.05, 3.63) is 54.1 Å². The number of alkyl halides is 1. The largest absolute Gasteiger partial charge is 0.491 e. The fraction of sp³-hybridized carbons (Fsp3) is 0.350. The van der Waals surface area contributed by atoms with Crippen LogP contribution >= 0.6 is 11.6 Å². The van der Waals surface area contributed by atoms with Crippen LogP contribution in [0.15, 0.2) is 48.5 Å². The van der Waals surface area contributed by atoms with Crippen molar-refractivity contribution >= 4 is 17.5 Å². The van der Waals surface area contributed by atoms with Crippen molar-refractivity contribution in [1.29, 1.82) is 0 Å². The highest BCUT2D eigenvalue weighted by molar-refractivity contribution is 6.27. The first-order valence-electron chi connectivity index (χ1n) is 8.11. The monoisotopic (exact) mass is 345 g/mol. The molecule has 0 aliphatic rings. The van der Waals surface area contributed by atoms with Crippen LogP contribution < -0.4 is 4.74 Å². The number of rotatable bonds is 6. The second-order valence-corrected chi connectivity index (χ2v) is 6.40. The minimum Gasteiger partial charge on any atom is -0.491 e. The quantitative estimate of drug-likeness (QED) is 0.697. The van der Waals surface area contributed by atoms with Gasteiger partial charge in [-0.15, -0.1) is 11.6 Å². The number of nitrogens with zero attached hydrogens (tertiary/aromatic N) is 1. The molecule has 128 valence electrons. The van der Waals surface area contributed by atoms with E-state index < -0.39 is 0 Å². The third-order valence-corrected chi connectivity index (χ3v) is 4.25. The van der Waals surface area contributed by atoms with Crippen molar-refractivity contribution in [3.63, 3.8) is 0 Å². The fourth-order valence-electron chi connectivity index (χ4n) is 2.51. The molecule has 0 bridgehead atoms. The van der Waals surface area contributed by atoms with Crippen molar-refractivity contribution in [2.24, 2.45) is 0 Å². The zero-order chi connectivity index (χ0) is 17.7. The van der Waals surface area contributed by atoms with E-state index in [4.69, 9.17) is 16.3 Å². The molecule has 3 nitrogen and oxygen atoms in total. The van der Waals surface area contributed by atoms with E-state index in [1.165, 1.54) is 0 Å². The van der Waals surface area contributed by atoms with E-state index in [0.29, 0.717) is 0 Å². The number of hydrogen-bond acceptors (Lipinski definition) is 2. The Morgan fingerprint density at radius 3 is 2.33 bits per heavy atom. The van der Waals surface area contributed by atoms with Crippen molar-refractivity contribution in [2.75, 3.05) is 12.9 Å². The summed E-state index contributed by atoms with van der Waals surface area (Å²) >= 11 is 5.65. The van der Waals surface area contributed by atoms with Crippen molar-refractivity contribution < 1.29 is 9.53 Å². The molecule has 2 aromatic rings. The summed E-state index contributed by atoms with van der Waals surface area (Å²) in [6.45, 7) is 6.03. The predicted molar refractivity (Wildman–Crippen MR) is 99.5 cm³/mol. The number of ether oxygens (including phenoxy) is 1. The summed E-state index contributed by atoms with van der Waals surface area (Å²) in [5, 5.41) is 0. The van der Waals surface area contributed by atoms with E-state index >= 15 is 0 Å². The lowest BCUT2D eigenvalue weighted by atomic mass is 9.99. The lowest BCUT2D eigenvalue weighted by Crippen LogP contribution is -2.30. The Morgan fingerprint density at radius 1 is 1.08 bits per heavy atom. The van der Waals surface area contributed by atoms with Crippen LogP contribution in [0, 0.1) is 0 Å². The van der Waals surface area contributed by atoms with E-state index in [0.717, 1.165) is 22.4 Å². The Bertz CT molecular complexity index is 682. The number of hydrogen-bond donors (Lipinski definition) is 0. The molecule has 24 heavy (non-hydrogen) atoms. The highest BCUT2D eigenvalue weighted by Crippen LogP contribution is 2.27. The van der Waals surface area contributed by atoms with E-state index in [-0.39, 0.29) is 23.9 Å². The number of carbonyl (C=O) groups is 1. The molecule has 0 saturated heterocycles. The smallest absolute Gasteiger partial charge is 0.237 e. The van der Waals surface area contributed by atoms with Gasteiger partial charge in [-0.25, -0.2) is 0 Å². The summed E-state index contributed by atoms with van der Waals surface area (Å²) in [5.41, 5.74) is 3.31. The molecular weight excluding hydrogens is 322 g/mol. The number of carbonyl (C=O) groups excluding carboxylic acids is 1. The Morgan fingerprint density at radius 2 is 1.75 bits per heavy atom. The maximum atomic E-state index is 11.8. The Hall–Kier alpha value is -2.00. The van der Waals surface area contributed by atoms with Crippen LogP contribution in [-0.2, 0) is 4.79 Å². The summed E-state index contributed by atoms with van der Waals surface area (Å²) < 4.78 is 5.68. The van der Waals surface area contributed by atoms with Gasteiger partial charge in [0.15, 0.2) is 0 Å².